The molecule has 0 spiro atoms. The van der Waals surface area contributed by atoms with Gasteiger partial charge in [-0.25, -0.2) is 4.79 Å². The van der Waals surface area contributed by atoms with Gasteiger partial charge in [0.05, 0.1) is 6.54 Å². The lowest BCUT2D eigenvalue weighted by Crippen LogP contribution is -2.38. The van der Waals surface area contributed by atoms with E-state index in [2.05, 4.69) is 5.32 Å². The highest BCUT2D eigenvalue weighted by atomic mass is 35.5. The molecule has 0 radical (unpaired) electrons. The van der Waals surface area contributed by atoms with E-state index in [9.17, 15) is 9.59 Å². The van der Waals surface area contributed by atoms with Gasteiger partial charge in [0.2, 0.25) is 0 Å². The Balaban J connectivity index is 2.37. The average molecular weight is 288 g/mol. The molecular weight excluding hydrogens is 274 g/mol. The smallest absolute Gasteiger partial charge is 0.334 e. The van der Waals surface area contributed by atoms with Gasteiger partial charge in [-0.1, -0.05) is 11.6 Å². The van der Waals surface area contributed by atoms with E-state index in [4.69, 9.17) is 26.6 Å². The Bertz CT molecular complexity index is 477. The van der Waals surface area contributed by atoms with Gasteiger partial charge in [-0.3, -0.25) is 4.79 Å². The molecule has 1 amide bonds. The van der Waals surface area contributed by atoms with Crippen LogP contribution in [0.25, 0.3) is 0 Å². The van der Waals surface area contributed by atoms with Gasteiger partial charge in [-0.05, 0) is 30.7 Å². The highest BCUT2D eigenvalue weighted by molar-refractivity contribution is 6.31. The molecule has 0 fully saturated rings. The van der Waals surface area contributed by atoms with Crippen LogP contribution in [0.15, 0.2) is 18.2 Å². The molecule has 1 rings (SSSR count). The van der Waals surface area contributed by atoms with Crippen LogP contribution in [-0.2, 0) is 9.59 Å². The van der Waals surface area contributed by atoms with Gasteiger partial charge in [0, 0.05) is 5.02 Å². The Morgan fingerprint density at radius 2 is 2.16 bits per heavy atom. The molecule has 0 aliphatic rings. The summed E-state index contributed by atoms with van der Waals surface area (Å²) in [6.45, 7) is 1.17. The minimum Gasteiger partial charge on any atom is -0.484 e. The summed E-state index contributed by atoms with van der Waals surface area (Å²) in [5.74, 6) is -1.43. The Morgan fingerprint density at radius 3 is 2.74 bits per heavy atom. The third-order valence-electron chi connectivity index (χ3n) is 2.28. The number of aliphatic hydroxyl groups excluding tert-OH is 1. The Hall–Kier alpha value is -1.79. The zero-order valence-corrected chi connectivity index (χ0v) is 11.0. The lowest BCUT2D eigenvalue weighted by molar-refractivity contribution is -0.146. The number of rotatable bonds is 6. The van der Waals surface area contributed by atoms with Crippen molar-refractivity contribution in [2.75, 3.05) is 13.2 Å². The second kappa shape index (κ2) is 6.96. The van der Waals surface area contributed by atoms with E-state index in [1.807, 2.05) is 0 Å². The second-order valence-electron chi connectivity index (χ2n) is 3.86. The third-order valence-corrected chi connectivity index (χ3v) is 2.70. The maximum atomic E-state index is 11.3. The van der Waals surface area contributed by atoms with Crippen molar-refractivity contribution in [2.24, 2.45) is 0 Å². The minimum absolute atomic E-state index is 0.270. The largest absolute Gasteiger partial charge is 0.484 e. The predicted molar refractivity (Wildman–Crippen MR) is 68.3 cm³/mol. The van der Waals surface area contributed by atoms with E-state index in [0.717, 1.165) is 5.56 Å². The van der Waals surface area contributed by atoms with Gasteiger partial charge in [0.1, 0.15) is 5.75 Å². The van der Waals surface area contributed by atoms with Crippen LogP contribution in [0, 0.1) is 6.92 Å². The number of carbonyl (C=O) groups is 2. The topological polar surface area (TPSA) is 95.9 Å². The number of halogens is 1. The molecule has 1 aromatic carbocycles. The fourth-order valence-electron chi connectivity index (χ4n) is 1.20. The summed E-state index contributed by atoms with van der Waals surface area (Å²) in [7, 11) is 0. The molecule has 19 heavy (non-hydrogen) atoms. The number of aliphatic carboxylic acids is 1. The molecule has 0 heterocycles. The number of carbonyl (C=O) groups excluding carboxylic acids is 1. The van der Waals surface area contributed by atoms with Crippen LogP contribution in [0.1, 0.15) is 5.56 Å². The first-order valence-corrected chi connectivity index (χ1v) is 5.84. The summed E-state index contributed by atoms with van der Waals surface area (Å²) in [5, 5.41) is 20.2. The molecule has 6 nitrogen and oxygen atoms in total. The Labute approximate surface area is 114 Å². The number of hydrogen-bond donors (Lipinski definition) is 3. The van der Waals surface area contributed by atoms with Crippen LogP contribution >= 0.6 is 11.6 Å². The Morgan fingerprint density at radius 1 is 1.47 bits per heavy atom. The highest BCUT2D eigenvalue weighted by Gasteiger charge is 2.14. The number of aliphatic hydroxyl groups is 1. The average Bonchev–Trinajstić information content (AvgIpc) is 2.37. The van der Waals surface area contributed by atoms with Crippen molar-refractivity contribution in [1.29, 1.82) is 0 Å². The van der Waals surface area contributed by atoms with E-state index in [1.165, 1.54) is 0 Å². The summed E-state index contributed by atoms with van der Waals surface area (Å²) in [4.78, 5) is 21.6. The number of nitrogens with one attached hydrogen (secondary N) is 1. The molecule has 0 unspecified atom stereocenters. The summed E-state index contributed by atoms with van der Waals surface area (Å²) in [6.07, 6.45) is -1.62. The molecule has 0 aliphatic heterocycles. The minimum atomic E-state index is -1.62. The number of carboxylic acids is 1. The molecule has 0 bridgehead atoms. The van der Waals surface area contributed by atoms with Crippen molar-refractivity contribution in [3.8, 4) is 5.75 Å². The van der Waals surface area contributed by atoms with E-state index < -0.39 is 18.0 Å². The van der Waals surface area contributed by atoms with Gasteiger partial charge in [-0.2, -0.15) is 0 Å². The summed E-state index contributed by atoms with van der Waals surface area (Å²) in [5.41, 5.74) is 0.820. The standard InChI is InChI=1S/C12H14ClNO5/c1-7-4-8(2-3-9(7)13)19-6-11(16)14-5-10(15)12(17)18/h2-4,10,15H,5-6H2,1H3,(H,14,16)(H,17,18)/t10-/m0/s1. The normalized spacial score (nSPS) is 11.7. The van der Waals surface area contributed by atoms with Crippen LogP contribution in [-0.4, -0.2) is 41.3 Å². The fraction of sp³-hybridized carbons (Fsp3) is 0.333. The van der Waals surface area contributed by atoms with Crippen LogP contribution in [0.4, 0.5) is 0 Å². The number of carboxylic acid groups (broad SMARTS) is 1. The maximum absolute atomic E-state index is 11.3. The SMILES string of the molecule is Cc1cc(OCC(=O)NC[C@H](O)C(=O)O)ccc1Cl. The highest BCUT2D eigenvalue weighted by Crippen LogP contribution is 2.20. The molecule has 0 saturated heterocycles. The third kappa shape index (κ3) is 5.15. The van der Waals surface area contributed by atoms with Crippen LogP contribution in [0.5, 0.6) is 5.75 Å². The van der Waals surface area contributed by atoms with Crippen molar-refractivity contribution in [2.45, 2.75) is 13.0 Å². The maximum Gasteiger partial charge on any atom is 0.334 e. The number of benzene rings is 1. The van der Waals surface area contributed by atoms with E-state index in [0.29, 0.717) is 10.8 Å². The van der Waals surface area contributed by atoms with E-state index in [1.54, 1.807) is 25.1 Å². The molecule has 0 aromatic heterocycles. The van der Waals surface area contributed by atoms with Gasteiger partial charge in [0.15, 0.2) is 12.7 Å². The molecule has 104 valence electrons. The molecule has 3 N–H and O–H groups in total. The lowest BCUT2D eigenvalue weighted by atomic mass is 10.2. The van der Waals surface area contributed by atoms with Crippen molar-refractivity contribution < 1.29 is 24.5 Å². The lowest BCUT2D eigenvalue weighted by Gasteiger charge is -2.09. The van der Waals surface area contributed by atoms with E-state index >= 15 is 0 Å². The predicted octanol–water partition coefficient (Wildman–Crippen LogP) is 0.589. The molecular formula is C12H14ClNO5. The van der Waals surface area contributed by atoms with Gasteiger partial charge < -0.3 is 20.3 Å². The first kappa shape index (κ1) is 15.3. The van der Waals surface area contributed by atoms with Crippen molar-refractivity contribution in [3.05, 3.63) is 28.8 Å². The summed E-state index contributed by atoms with van der Waals surface area (Å²) >= 11 is 5.84. The molecule has 7 heteroatoms. The summed E-state index contributed by atoms with van der Waals surface area (Å²) in [6, 6.07) is 4.95. The summed E-state index contributed by atoms with van der Waals surface area (Å²) < 4.78 is 5.20. The fourth-order valence-corrected chi connectivity index (χ4v) is 1.32. The molecule has 0 saturated carbocycles. The quantitative estimate of drug-likeness (QED) is 0.712. The number of hydrogen-bond acceptors (Lipinski definition) is 4. The van der Waals surface area contributed by atoms with E-state index in [-0.39, 0.29) is 13.2 Å². The van der Waals surface area contributed by atoms with Crippen molar-refractivity contribution in [1.82, 2.24) is 5.32 Å². The first-order chi connectivity index (χ1) is 8.90. The number of ether oxygens (including phenoxy) is 1. The van der Waals surface area contributed by atoms with Crippen LogP contribution < -0.4 is 10.1 Å². The zero-order chi connectivity index (χ0) is 14.4. The van der Waals surface area contributed by atoms with Crippen molar-refractivity contribution >= 4 is 23.5 Å². The van der Waals surface area contributed by atoms with Gasteiger partial charge in [-0.15, -0.1) is 0 Å². The van der Waals surface area contributed by atoms with Gasteiger partial charge in [0.25, 0.3) is 5.91 Å². The molecule has 0 aliphatic carbocycles. The van der Waals surface area contributed by atoms with Crippen LogP contribution in [0.3, 0.4) is 0 Å². The molecule has 1 aromatic rings. The second-order valence-corrected chi connectivity index (χ2v) is 4.26. The molecule has 1 atom stereocenters. The number of amides is 1. The number of aryl methyl sites for hydroxylation is 1. The zero-order valence-electron chi connectivity index (χ0n) is 10.2. The monoisotopic (exact) mass is 287 g/mol. The Kier molecular flexibility index (Phi) is 5.59. The first-order valence-electron chi connectivity index (χ1n) is 5.46. The van der Waals surface area contributed by atoms with Gasteiger partial charge >= 0.3 is 5.97 Å². The van der Waals surface area contributed by atoms with Crippen molar-refractivity contribution in [3.63, 3.8) is 0 Å². The van der Waals surface area contributed by atoms with Crippen LogP contribution in [0.2, 0.25) is 5.02 Å².